The van der Waals surface area contributed by atoms with Crippen LogP contribution in [0.25, 0.3) is 0 Å². The minimum atomic E-state index is -0.515. The summed E-state index contributed by atoms with van der Waals surface area (Å²) in [5.41, 5.74) is 1.96. The number of ketones is 1. The van der Waals surface area contributed by atoms with E-state index in [2.05, 4.69) is 11.9 Å². The van der Waals surface area contributed by atoms with E-state index in [0.717, 1.165) is 0 Å². The van der Waals surface area contributed by atoms with Gasteiger partial charge in [0.05, 0.1) is 0 Å². The van der Waals surface area contributed by atoms with Crippen LogP contribution in [-0.2, 0) is 11.3 Å². The Bertz CT molecular complexity index is 822. The molecule has 0 heterocycles. The van der Waals surface area contributed by atoms with E-state index in [9.17, 15) is 14.4 Å². The fraction of sp³-hybridized carbons (Fsp3) is 0.150. The second-order valence-corrected chi connectivity index (χ2v) is 5.59. The molecule has 2 rings (SSSR count). The van der Waals surface area contributed by atoms with Crippen molar-refractivity contribution in [2.45, 2.75) is 20.4 Å². The molecule has 2 aromatic carbocycles. The maximum atomic E-state index is 12.2. The summed E-state index contributed by atoms with van der Waals surface area (Å²) in [7, 11) is 0. The number of amides is 1. The van der Waals surface area contributed by atoms with Crippen LogP contribution in [0.2, 0.25) is 0 Å². The lowest BCUT2D eigenvalue weighted by Gasteiger charge is -2.11. The molecule has 0 aliphatic rings. The van der Waals surface area contributed by atoms with Crippen LogP contribution in [0.1, 0.15) is 40.1 Å². The number of benzene rings is 2. The quantitative estimate of drug-likeness (QED) is 0.380. The summed E-state index contributed by atoms with van der Waals surface area (Å²) in [5, 5.41) is 2.77. The highest BCUT2D eigenvalue weighted by atomic mass is 16.5. The largest absolute Gasteiger partial charge is 0.423 e. The second-order valence-electron chi connectivity index (χ2n) is 5.59. The normalized spacial score (nSPS) is 10.0. The molecule has 1 N–H and O–H groups in total. The van der Waals surface area contributed by atoms with Crippen molar-refractivity contribution in [3.8, 4) is 5.75 Å². The Morgan fingerprint density at radius 3 is 2.16 bits per heavy atom. The summed E-state index contributed by atoms with van der Waals surface area (Å²) in [6.45, 7) is 6.78. The second kappa shape index (κ2) is 8.06. The molecule has 5 nitrogen and oxygen atoms in total. The Kier molecular flexibility index (Phi) is 5.84. The van der Waals surface area contributed by atoms with E-state index in [1.807, 2.05) is 0 Å². The summed E-state index contributed by atoms with van der Waals surface area (Å²) in [4.78, 5) is 35.2. The van der Waals surface area contributed by atoms with E-state index in [0.29, 0.717) is 28.0 Å². The first kappa shape index (κ1) is 18.1. The molecule has 1 amide bonds. The van der Waals surface area contributed by atoms with Crippen LogP contribution in [0.5, 0.6) is 5.75 Å². The van der Waals surface area contributed by atoms with Crippen molar-refractivity contribution >= 4 is 17.7 Å². The summed E-state index contributed by atoms with van der Waals surface area (Å²) in [6.07, 6.45) is 0. The van der Waals surface area contributed by atoms with Crippen LogP contribution >= 0.6 is 0 Å². The first-order valence-electron chi connectivity index (χ1n) is 7.73. The molecule has 0 aliphatic carbocycles. The van der Waals surface area contributed by atoms with E-state index in [-0.39, 0.29) is 18.2 Å². The standard InChI is InChI=1S/C20H19NO4/c1-13(2)20(24)25-18-7-5-4-6-17(18)12-21-19(23)16-10-8-15(9-11-16)14(3)22/h4-11H,1,12H2,2-3H3,(H,21,23). The highest BCUT2D eigenvalue weighted by Gasteiger charge is 2.11. The third-order valence-electron chi connectivity index (χ3n) is 3.52. The van der Waals surface area contributed by atoms with Gasteiger partial charge in [0.2, 0.25) is 0 Å². The van der Waals surface area contributed by atoms with Gasteiger partial charge in [0.25, 0.3) is 5.91 Å². The number of para-hydroxylation sites is 1. The van der Waals surface area contributed by atoms with E-state index in [1.54, 1.807) is 55.5 Å². The molecular weight excluding hydrogens is 318 g/mol. The summed E-state index contributed by atoms with van der Waals surface area (Å²) in [5.74, 6) is -0.474. The predicted molar refractivity (Wildman–Crippen MR) is 94.5 cm³/mol. The van der Waals surface area contributed by atoms with Crippen molar-refractivity contribution in [1.29, 1.82) is 0 Å². The van der Waals surface area contributed by atoms with Gasteiger partial charge in [-0.3, -0.25) is 9.59 Å². The number of hydrogen-bond acceptors (Lipinski definition) is 4. The van der Waals surface area contributed by atoms with Crippen LogP contribution in [0.15, 0.2) is 60.7 Å². The Morgan fingerprint density at radius 2 is 1.56 bits per heavy atom. The molecule has 0 aromatic heterocycles. The molecule has 0 saturated carbocycles. The third-order valence-corrected chi connectivity index (χ3v) is 3.52. The molecule has 0 aliphatic heterocycles. The predicted octanol–water partition coefficient (Wildman–Crippen LogP) is 3.30. The number of nitrogens with one attached hydrogen (secondary N) is 1. The lowest BCUT2D eigenvalue weighted by molar-refractivity contribution is -0.130. The van der Waals surface area contributed by atoms with Gasteiger partial charge in [0.15, 0.2) is 5.78 Å². The lowest BCUT2D eigenvalue weighted by atomic mass is 10.1. The van der Waals surface area contributed by atoms with E-state index in [1.165, 1.54) is 6.92 Å². The summed E-state index contributed by atoms with van der Waals surface area (Å²) in [6, 6.07) is 13.4. The molecule has 128 valence electrons. The zero-order chi connectivity index (χ0) is 18.4. The lowest BCUT2D eigenvalue weighted by Crippen LogP contribution is -2.23. The van der Waals surface area contributed by atoms with E-state index >= 15 is 0 Å². The van der Waals surface area contributed by atoms with Gasteiger partial charge >= 0.3 is 5.97 Å². The Morgan fingerprint density at radius 1 is 0.960 bits per heavy atom. The third kappa shape index (κ3) is 4.88. The topological polar surface area (TPSA) is 72.5 Å². The molecule has 0 atom stereocenters. The molecule has 25 heavy (non-hydrogen) atoms. The average Bonchev–Trinajstić information content (AvgIpc) is 2.60. The highest BCUT2D eigenvalue weighted by Crippen LogP contribution is 2.19. The maximum Gasteiger partial charge on any atom is 0.338 e. The van der Waals surface area contributed by atoms with Crippen LogP contribution in [-0.4, -0.2) is 17.7 Å². The fourth-order valence-corrected chi connectivity index (χ4v) is 2.07. The first-order valence-corrected chi connectivity index (χ1v) is 7.73. The number of carbonyl (C=O) groups is 3. The first-order chi connectivity index (χ1) is 11.9. The van der Waals surface area contributed by atoms with Gasteiger partial charge in [-0.2, -0.15) is 0 Å². The average molecular weight is 337 g/mol. The number of esters is 1. The minimum Gasteiger partial charge on any atom is -0.423 e. The molecule has 0 radical (unpaired) electrons. The van der Waals surface area contributed by atoms with E-state index in [4.69, 9.17) is 4.74 Å². The van der Waals surface area contributed by atoms with Gasteiger partial charge in [0, 0.05) is 28.8 Å². The van der Waals surface area contributed by atoms with Crippen molar-refractivity contribution in [3.05, 3.63) is 77.4 Å². The fourth-order valence-electron chi connectivity index (χ4n) is 2.07. The van der Waals surface area contributed by atoms with Gasteiger partial charge in [-0.25, -0.2) is 4.79 Å². The van der Waals surface area contributed by atoms with Gasteiger partial charge in [0.1, 0.15) is 5.75 Å². The molecule has 0 spiro atoms. The van der Waals surface area contributed by atoms with Crippen molar-refractivity contribution in [1.82, 2.24) is 5.32 Å². The van der Waals surface area contributed by atoms with Crippen molar-refractivity contribution in [2.24, 2.45) is 0 Å². The van der Waals surface area contributed by atoms with Crippen molar-refractivity contribution in [2.75, 3.05) is 0 Å². The number of rotatable bonds is 6. The molecule has 0 unspecified atom stereocenters. The minimum absolute atomic E-state index is 0.0554. The molecule has 0 fully saturated rings. The SMILES string of the molecule is C=C(C)C(=O)Oc1ccccc1CNC(=O)c1ccc(C(C)=O)cc1. The van der Waals surface area contributed by atoms with Gasteiger partial charge < -0.3 is 10.1 Å². The zero-order valence-corrected chi connectivity index (χ0v) is 14.2. The molecular formula is C20H19NO4. The highest BCUT2D eigenvalue weighted by molar-refractivity contribution is 5.97. The van der Waals surface area contributed by atoms with Crippen LogP contribution in [0.3, 0.4) is 0 Å². The number of Topliss-reactive ketones (excluding diaryl/α,β-unsaturated/α-hetero) is 1. The van der Waals surface area contributed by atoms with Crippen LogP contribution in [0, 0.1) is 0 Å². The number of hydrogen-bond donors (Lipinski definition) is 1. The van der Waals surface area contributed by atoms with Crippen molar-refractivity contribution < 1.29 is 19.1 Å². The van der Waals surface area contributed by atoms with E-state index < -0.39 is 5.97 Å². The Labute approximate surface area is 146 Å². The Balaban J connectivity index is 2.05. The van der Waals surface area contributed by atoms with Crippen molar-refractivity contribution in [3.63, 3.8) is 0 Å². The molecule has 5 heteroatoms. The van der Waals surface area contributed by atoms with Crippen LogP contribution in [0.4, 0.5) is 0 Å². The molecule has 0 saturated heterocycles. The smallest absolute Gasteiger partial charge is 0.338 e. The monoisotopic (exact) mass is 337 g/mol. The van der Waals surface area contributed by atoms with Gasteiger partial charge in [-0.15, -0.1) is 0 Å². The van der Waals surface area contributed by atoms with Gasteiger partial charge in [-0.1, -0.05) is 36.9 Å². The zero-order valence-electron chi connectivity index (χ0n) is 14.2. The molecule has 0 bridgehead atoms. The molecule has 2 aromatic rings. The van der Waals surface area contributed by atoms with Gasteiger partial charge in [-0.05, 0) is 32.0 Å². The summed E-state index contributed by atoms with van der Waals surface area (Å²) >= 11 is 0. The number of ether oxygens (including phenoxy) is 1. The Hall–Kier alpha value is -3.21. The summed E-state index contributed by atoms with van der Waals surface area (Å²) < 4.78 is 5.26. The number of carbonyl (C=O) groups excluding carboxylic acids is 3. The maximum absolute atomic E-state index is 12.2. The van der Waals surface area contributed by atoms with Crippen LogP contribution < -0.4 is 10.1 Å².